The van der Waals surface area contributed by atoms with E-state index < -0.39 is 0 Å². The largest absolute Gasteiger partial charge is 0.497 e. The number of benzene rings is 3. The summed E-state index contributed by atoms with van der Waals surface area (Å²) in [6.45, 7) is 2.56. The summed E-state index contributed by atoms with van der Waals surface area (Å²) in [5.74, 6) is 1.18. The van der Waals surface area contributed by atoms with Crippen LogP contribution in [0.1, 0.15) is 21.5 Å². The topological polar surface area (TPSA) is 62.6 Å². The van der Waals surface area contributed by atoms with E-state index >= 15 is 0 Å². The van der Waals surface area contributed by atoms with Crippen LogP contribution < -0.4 is 9.47 Å². The van der Waals surface area contributed by atoms with Gasteiger partial charge in [-0.15, -0.1) is 0 Å². The van der Waals surface area contributed by atoms with Crippen molar-refractivity contribution in [2.75, 3.05) is 21.3 Å². The first-order chi connectivity index (χ1) is 16.0. The molecule has 0 aliphatic heterocycles. The van der Waals surface area contributed by atoms with Crippen molar-refractivity contribution in [3.05, 3.63) is 89.5 Å². The first-order valence-corrected chi connectivity index (χ1v) is 10.6. The highest BCUT2D eigenvalue weighted by atomic mass is 16.5. The van der Waals surface area contributed by atoms with E-state index in [4.69, 9.17) is 19.3 Å². The van der Waals surface area contributed by atoms with E-state index in [0.717, 1.165) is 45.1 Å². The third-order valence-electron chi connectivity index (χ3n) is 5.56. The van der Waals surface area contributed by atoms with Gasteiger partial charge in [0.1, 0.15) is 11.5 Å². The minimum absolute atomic E-state index is 0.362. The SMILES string of the molecule is COC(=O)c1cccc(Cn2nc(-c3cccc(OC)c3)c(C)c2-c2cccc(OC)c2)c1. The maximum Gasteiger partial charge on any atom is 0.337 e. The zero-order valence-electron chi connectivity index (χ0n) is 19.2. The van der Waals surface area contributed by atoms with Gasteiger partial charge in [0.15, 0.2) is 0 Å². The first-order valence-electron chi connectivity index (χ1n) is 10.6. The van der Waals surface area contributed by atoms with Crippen LogP contribution in [0, 0.1) is 6.92 Å². The molecule has 0 atom stereocenters. The van der Waals surface area contributed by atoms with Gasteiger partial charge in [-0.3, -0.25) is 4.68 Å². The van der Waals surface area contributed by atoms with Crippen molar-refractivity contribution in [3.63, 3.8) is 0 Å². The molecule has 4 aromatic rings. The Bertz CT molecular complexity index is 1290. The van der Waals surface area contributed by atoms with Crippen molar-refractivity contribution in [3.8, 4) is 34.0 Å². The van der Waals surface area contributed by atoms with E-state index in [9.17, 15) is 4.79 Å². The second-order valence-electron chi connectivity index (χ2n) is 7.64. The molecule has 33 heavy (non-hydrogen) atoms. The molecular formula is C27H26N2O4. The molecule has 6 heteroatoms. The zero-order chi connectivity index (χ0) is 23.4. The summed E-state index contributed by atoms with van der Waals surface area (Å²) in [5, 5.41) is 4.98. The number of aromatic nitrogens is 2. The van der Waals surface area contributed by atoms with Crippen LogP contribution in [0.3, 0.4) is 0 Å². The quantitative estimate of drug-likeness (QED) is 0.360. The molecule has 0 radical (unpaired) electrons. The number of carbonyl (C=O) groups is 1. The van der Waals surface area contributed by atoms with Crippen molar-refractivity contribution in [2.24, 2.45) is 0 Å². The molecule has 1 aromatic heterocycles. The first kappa shape index (κ1) is 22.1. The number of hydrogen-bond acceptors (Lipinski definition) is 5. The molecular weight excluding hydrogens is 416 g/mol. The Morgan fingerprint density at radius 2 is 1.48 bits per heavy atom. The molecule has 0 aliphatic carbocycles. The van der Waals surface area contributed by atoms with Crippen LogP contribution >= 0.6 is 0 Å². The Morgan fingerprint density at radius 1 is 0.848 bits per heavy atom. The summed E-state index contributed by atoms with van der Waals surface area (Å²) in [4.78, 5) is 12.0. The molecule has 6 nitrogen and oxygen atoms in total. The molecule has 4 rings (SSSR count). The summed E-state index contributed by atoms with van der Waals surface area (Å²) in [6, 6.07) is 23.2. The van der Waals surface area contributed by atoms with E-state index in [2.05, 4.69) is 6.92 Å². The molecule has 0 saturated heterocycles. The van der Waals surface area contributed by atoms with Crippen molar-refractivity contribution in [2.45, 2.75) is 13.5 Å². The van der Waals surface area contributed by atoms with Crippen LogP contribution in [-0.2, 0) is 11.3 Å². The van der Waals surface area contributed by atoms with E-state index in [0.29, 0.717) is 12.1 Å². The van der Waals surface area contributed by atoms with Crippen molar-refractivity contribution >= 4 is 5.97 Å². The molecule has 0 N–H and O–H groups in total. The molecule has 0 aliphatic rings. The molecule has 1 heterocycles. The number of carbonyl (C=O) groups excluding carboxylic acids is 1. The van der Waals surface area contributed by atoms with Gasteiger partial charge in [0, 0.05) is 16.7 Å². The highest BCUT2D eigenvalue weighted by Crippen LogP contribution is 2.34. The van der Waals surface area contributed by atoms with E-state index in [1.807, 2.05) is 71.4 Å². The van der Waals surface area contributed by atoms with Gasteiger partial charge in [-0.2, -0.15) is 5.10 Å². The highest BCUT2D eigenvalue weighted by molar-refractivity contribution is 5.89. The Balaban J connectivity index is 1.85. The second-order valence-corrected chi connectivity index (χ2v) is 7.64. The third kappa shape index (κ3) is 4.60. The van der Waals surface area contributed by atoms with Crippen molar-refractivity contribution in [1.82, 2.24) is 9.78 Å². The maximum atomic E-state index is 12.0. The number of esters is 1. The molecule has 0 amide bonds. The summed E-state index contributed by atoms with van der Waals surface area (Å²) in [7, 11) is 4.69. The van der Waals surface area contributed by atoms with E-state index in [1.54, 1.807) is 20.3 Å². The zero-order valence-corrected chi connectivity index (χ0v) is 19.2. The molecule has 3 aromatic carbocycles. The van der Waals surface area contributed by atoms with Crippen LogP contribution in [-0.4, -0.2) is 37.1 Å². The molecule has 0 spiro atoms. The van der Waals surface area contributed by atoms with Crippen molar-refractivity contribution in [1.29, 1.82) is 0 Å². The normalized spacial score (nSPS) is 10.7. The Kier molecular flexibility index (Phi) is 6.45. The molecule has 0 saturated carbocycles. The second kappa shape index (κ2) is 9.61. The van der Waals surface area contributed by atoms with Crippen molar-refractivity contribution < 1.29 is 19.0 Å². The molecule has 0 fully saturated rings. The standard InChI is InChI=1S/C27H26N2O4/c1-18-25(20-9-6-12-23(15-20)31-2)28-29(26(18)21-10-7-13-24(16-21)32-3)17-19-8-5-11-22(14-19)27(30)33-4/h5-16H,17H2,1-4H3. The number of ether oxygens (including phenoxy) is 3. The highest BCUT2D eigenvalue weighted by Gasteiger charge is 2.19. The fraction of sp³-hybridized carbons (Fsp3) is 0.185. The van der Waals surface area contributed by atoms with Gasteiger partial charge in [0.25, 0.3) is 0 Å². The lowest BCUT2D eigenvalue weighted by molar-refractivity contribution is 0.0600. The Hall–Kier alpha value is -4.06. The smallest absolute Gasteiger partial charge is 0.337 e. The van der Waals surface area contributed by atoms with Crippen LogP contribution in [0.4, 0.5) is 0 Å². The van der Waals surface area contributed by atoms with Crippen LogP contribution in [0.25, 0.3) is 22.5 Å². The third-order valence-corrected chi connectivity index (χ3v) is 5.56. The van der Waals surface area contributed by atoms with Gasteiger partial charge >= 0.3 is 5.97 Å². The maximum absolute atomic E-state index is 12.0. The fourth-order valence-corrected chi connectivity index (χ4v) is 3.93. The minimum Gasteiger partial charge on any atom is -0.497 e. The predicted molar refractivity (Wildman–Crippen MR) is 128 cm³/mol. The Morgan fingerprint density at radius 3 is 2.15 bits per heavy atom. The molecule has 0 unspecified atom stereocenters. The van der Waals surface area contributed by atoms with Crippen LogP contribution in [0.5, 0.6) is 11.5 Å². The average Bonchev–Trinajstić information content (AvgIpc) is 3.19. The van der Waals surface area contributed by atoms with Gasteiger partial charge in [-0.1, -0.05) is 36.4 Å². The van der Waals surface area contributed by atoms with E-state index in [1.165, 1.54) is 7.11 Å². The Labute approximate surface area is 193 Å². The summed E-state index contributed by atoms with van der Waals surface area (Å²) < 4.78 is 17.7. The summed E-state index contributed by atoms with van der Waals surface area (Å²) in [5.41, 5.74) is 6.32. The monoisotopic (exact) mass is 442 g/mol. The molecule has 0 bridgehead atoms. The average molecular weight is 443 g/mol. The minimum atomic E-state index is -0.362. The summed E-state index contributed by atoms with van der Waals surface area (Å²) in [6.07, 6.45) is 0. The number of rotatable bonds is 7. The van der Waals surface area contributed by atoms with Crippen LogP contribution in [0.15, 0.2) is 72.8 Å². The molecule has 168 valence electrons. The van der Waals surface area contributed by atoms with Gasteiger partial charge in [-0.25, -0.2) is 4.79 Å². The number of hydrogen-bond donors (Lipinski definition) is 0. The lowest BCUT2D eigenvalue weighted by atomic mass is 10.0. The summed E-state index contributed by atoms with van der Waals surface area (Å²) >= 11 is 0. The predicted octanol–water partition coefficient (Wildman–Crippen LogP) is 5.38. The fourth-order valence-electron chi connectivity index (χ4n) is 3.93. The lowest BCUT2D eigenvalue weighted by Crippen LogP contribution is -2.07. The van der Waals surface area contributed by atoms with Gasteiger partial charge in [0.05, 0.1) is 44.8 Å². The van der Waals surface area contributed by atoms with Gasteiger partial charge < -0.3 is 14.2 Å². The number of nitrogens with zero attached hydrogens (tertiary/aromatic N) is 2. The number of methoxy groups -OCH3 is 3. The van der Waals surface area contributed by atoms with Gasteiger partial charge in [0.2, 0.25) is 0 Å². The van der Waals surface area contributed by atoms with Crippen LogP contribution in [0.2, 0.25) is 0 Å². The van der Waals surface area contributed by atoms with Gasteiger partial charge in [-0.05, 0) is 48.9 Å². The van der Waals surface area contributed by atoms with E-state index in [-0.39, 0.29) is 5.97 Å². The lowest BCUT2D eigenvalue weighted by Gasteiger charge is -2.11.